The Morgan fingerprint density at radius 3 is 2.35 bits per heavy atom. The van der Waals surface area contributed by atoms with Gasteiger partial charge in [-0.1, -0.05) is 54.6 Å². The number of amides is 1. The number of hydrogen-bond acceptors (Lipinski definition) is 3. The molecule has 3 aromatic rings. The number of benzene rings is 3. The van der Waals surface area contributed by atoms with Crippen LogP contribution in [0.4, 0.5) is 13.2 Å². The van der Waals surface area contributed by atoms with E-state index >= 15 is 0 Å². The van der Waals surface area contributed by atoms with Crippen molar-refractivity contribution >= 4 is 15.9 Å². The molecule has 0 saturated carbocycles. The molecular weight excluding hydrogens is 465 g/mol. The lowest BCUT2D eigenvalue weighted by molar-refractivity contribution is -0.137. The summed E-state index contributed by atoms with van der Waals surface area (Å²) in [5.41, 5.74) is 2.33. The molecule has 1 saturated heterocycles. The molecule has 0 spiro atoms. The highest BCUT2D eigenvalue weighted by Gasteiger charge is 2.31. The van der Waals surface area contributed by atoms with Crippen molar-refractivity contribution in [2.45, 2.75) is 37.0 Å². The summed E-state index contributed by atoms with van der Waals surface area (Å²) < 4.78 is 66.6. The molecule has 1 heterocycles. The highest BCUT2D eigenvalue weighted by atomic mass is 32.2. The lowest BCUT2D eigenvalue weighted by Crippen LogP contribution is -2.24. The summed E-state index contributed by atoms with van der Waals surface area (Å²) >= 11 is 0. The minimum Gasteiger partial charge on any atom is -0.338 e. The van der Waals surface area contributed by atoms with Crippen molar-refractivity contribution in [3.8, 4) is 11.1 Å². The molecule has 0 atom stereocenters. The molecule has 0 aliphatic carbocycles. The van der Waals surface area contributed by atoms with E-state index in [2.05, 4.69) is 4.72 Å². The number of nitrogens with one attached hydrogen (secondary N) is 1. The van der Waals surface area contributed by atoms with Crippen molar-refractivity contribution in [1.29, 1.82) is 0 Å². The van der Waals surface area contributed by atoms with Crippen LogP contribution in [0.3, 0.4) is 0 Å². The van der Waals surface area contributed by atoms with Gasteiger partial charge >= 0.3 is 6.18 Å². The number of likely N-dealkylation sites (tertiary alicyclic amines) is 1. The molecule has 4 rings (SSSR count). The number of alkyl halides is 3. The van der Waals surface area contributed by atoms with E-state index < -0.39 is 26.7 Å². The van der Waals surface area contributed by atoms with E-state index in [9.17, 15) is 26.4 Å². The molecule has 5 nitrogen and oxygen atoms in total. The number of carbonyl (C=O) groups excluding carboxylic acids is 1. The molecule has 0 bridgehead atoms. The molecule has 0 unspecified atom stereocenters. The van der Waals surface area contributed by atoms with E-state index in [1.165, 1.54) is 0 Å². The first-order valence-corrected chi connectivity index (χ1v) is 12.2. The summed E-state index contributed by atoms with van der Waals surface area (Å²) in [5.74, 6) is 0.155. The maximum atomic E-state index is 13.0. The van der Waals surface area contributed by atoms with Gasteiger partial charge in [-0.15, -0.1) is 0 Å². The van der Waals surface area contributed by atoms with Crippen molar-refractivity contribution in [3.63, 3.8) is 0 Å². The Morgan fingerprint density at radius 2 is 1.68 bits per heavy atom. The Bertz CT molecular complexity index is 1290. The average Bonchev–Trinajstić information content (AvgIpc) is 3.22. The molecule has 34 heavy (non-hydrogen) atoms. The monoisotopic (exact) mass is 488 g/mol. The van der Waals surface area contributed by atoms with Crippen molar-refractivity contribution in [2.75, 3.05) is 6.54 Å². The van der Waals surface area contributed by atoms with E-state index in [1.54, 1.807) is 12.1 Å². The van der Waals surface area contributed by atoms with Gasteiger partial charge < -0.3 is 4.90 Å². The number of halogens is 3. The highest BCUT2D eigenvalue weighted by Crippen LogP contribution is 2.31. The maximum Gasteiger partial charge on any atom is 0.416 e. The van der Waals surface area contributed by atoms with Crippen molar-refractivity contribution in [3.05, 3.63) is 89.5 Å². The molecule has 1 aliphatic rings. The third-order valence-corrected chi connectivity index (χ3v) is 7.15. The minimum atomic E-state index is -4.63. The fourth-order valence-corrected chi connectivity index (χ4v) is 4.99. The van der Waals surface area contributed by atoms with Crippen LogP contribution < -0.4 is 4.72 Å². The van der Waals surface area contributed by atoms with Crippen LogP contribution in [-0.4, -0.2) is 25.8 Å². The number of hydrogen-bond donors (Lipinski definition) is 1. The average molecular weight is 489 g/mol. The Hall–Kier alpha value is -3.17. The maximum absolute atomic E-state index is 13.0. The highest BCUT2D eigenvalue weighted by molar-refractivity contribution is 7.89. The standard InChI is InChI=1S/C25H23F3N2O3S/c26-25(27,28)21-6-3-7-22(15-21)34(32,33)29-16-20-5-1-2-8-23(20)19-12-10-18(11-13-19)17-30-14-4-9-24(30)31/h1-3,5-8,10-13,15,29H,4,9,14,16-17H2. The van der Waals surface area contributed by atoms with Gasteiger partial charge in [0.25, 0.3) is 0 Å². The van der Waals surface area contributed by atoms with Gasteiger partial charge in [0.15, 0.2) is 0 Å². The van der Waals surface area contributed by atoms with Gasteiger partial charge in [0.2, 0.25) is 15.9 Å². The molecule has 1 aliphatic heterocycles. The number of sulfonamides is 1. The van der Waals surface area contributed by atoms with Crippen LogP contribution in [0.5, 0.6) is 0 Å². The fraction of sp³-hybridized carbons (Fsp3) is 0.240. The van der Waals surface area contributed by atoms with Crippen LogP contribution in [0.2, 0.25) is 0 Å². The minimum absolute atomic E-state index is 0.0845. The number of rotatable bonds is 7. The summed E-state index contributed by atoms with van der Waals surface area (Å²) in [7, 11) is -4.15. The van der Waals surface area contributed by atoms with Crippen LogP contribution in [0.1, 0.15) is 29.5 Å². The zero-order valence-corrected chi connectivity index (χ0v) is 19.0. The third kappa shape index (κ3) is 5.48. The smallest absolute Gasteiger partial charge is 0.338 e. The Balaban J connectivity index is 1.50. The van der Waals surface area contributed by atoms with Crippen LogP contribution in [0, 0.1) is 0 Å². The summed E-state index contributed by atoms with van der Waals surface area (Å²) in [5, 5.41) is 0. The van der Waals surface area contributed by atoms with Gasteiger partial charge in [0, 0.05) is 26.1 Å². The van der Waals surface area contributed by atoms with E-state index in [4.69, 9.17) is 0 Å². The topological polar surface area (TPSA) is 66.5 Å². The molecule has 1 fully saturated rings. The van der Waals surface area contributed by atoms with Gasteiger partial charge in [-0.25, -0.2) is 13.1 Å². The lowest BCUT2D eigenvalue weighted by atomic mass is 9.98. The van der Waals surface area contributed by atoms with Gasteiger partial charge in [-0.3, -0.25) is 4.79 Å². The number of nitrogens with zero attached hydrogens (tertiary/aromatic N) is 1. The summed E-state index contributed by atoms with van der Waals surface area (Å²) in [6.07, 6.45) is -3.17. The first-order valence-electron chi connectivity index (χ1n) is 10.8. The van der Waals surface area contributed by atoms with E-state index in [0.717, 1.165) is 47.9 Å². The Labute approximate surface area is 196 Å². The summed E-state index contributed by atoms with van der Waals surface area (Å²) in [6.45, 7) is 1.23. The van der Waals surface area contributed by atoms with Gasteiger partial charge in [-0.05, 0) is 46.9 Å². The van der Waals surface area contributed by atoms with Crippen LogP contribution in [-0.2, 0) is 34.1 Å². The second-order valence-corrected chi connectivity index (χ2v) is 9.89. The quantitative estimate of drug-likeness (QED) is 0.511. The molecule has 0 aromatic heterocycles. The van der Waals surface area contributed by atoms with Gasteiger partial charge in [-0.2, -0.15) is 13.2 Å². The van der Waals surface area contributed by atoms with Gasteiger partial charge in [0.05, 0.1) is 10.5 Å². The van der Waals surface area contributed by atoms with Gasteiger partial charge in [0.1, 0.15) is 0 Å². The zero-order chi connectivity index (χ0) is 24.3. The largest absolute Gasteiger partial charge is 0.416 e. The molecule has 9 heteroatoms. The summed E-state index contributed by atoms with van der Waals surface area (Å²) in [6, 6.07) is 18.6. The molecular formula is C25H23F3N2O3S. The predicted molar refractivity (Wildman–Crippen MR) is 122 cm³/mol. The van der Waals surface area contributed by atoms with Crippen molar-refractivity contribution < 1.29 is 26.4 Å². The summed E-state index contributed by atoms with van der Waals surface area (Å²) in [4.78, 5) is 13.2. The first-order chi connectivity index (χ1) is 16.1. The molecule has 0 radical (unpaired) electrons. The van der Waals surface area contributed by atoms with Crippen LogP contribution >= 0.6 is 0 Å². The SMILES string of the molecule is O=C1CCCN1Cc1ccc(-c2ccccc2CNS(=O)(=O)c2cccc(C(F)(F)F)c2)cc1. The van der Waals surface area contributed by atoms with Crippen molar-refractivity contribution in [2.24, 2.45) is 0 Å². The predicted octanol–water partition coefficient (Wildman–Crippen LogP) is 4.97. The molecule has 178 valence electrons. The van der Waals surface area contributed by atoms with Crippen LogP contribution in [0.25, 0.3) is 11.1 Å². The third-order valence-electron chi connectivity index (χ3n) is 5.75. The van der Waals surface area contributed by atoms with Crippen molar-refractivity contribution in [1.82, 2.24) is 9.62 Å². The second kappa shape index (κ2) is 9.60. The number of carbonyl (C=O) groups is 1. The Morgan fingerprint density at radius 1 is 0.941 bits per heavy atom. The normalized spacial score (nSPS) is 14.6. The van der Waals surface area contributed by atoms with E-state index in [1.807, 2.05) is 41.3 Å². The fourth-order valence-electron chi connectivity index (χ4n) is 3.93. The van der Waals surface area contributed by atoms with Crippen LogP contribution in [0.15, 0.2) is 77.7 Å². The molecule has 1 amide bonds. The van der Waals surface area contributed by atoms with E-state index in [-0.39, 0.29) is 12.5 Å². The lowest BCUT2D eigenvalue weighted by Gasteiger charge is -2.16. The van der Waals surface area contributed by atoms with E-state index in [0.29, 0.717) is 24.6 Å². The first kappa shape index (κ1) is 24.0. The Kier molecular flexibility index (Phi) is 6.77. The molecule has 3 aromatic carbocycles. The molecule has 1 N–H and O–H groups in total. The second-order valence-electron chi connectivity index (χ2n) is 8.12. The zero-order valence-electron chi connectivity index (χ0n) is 18.2.